The van der Waals surface area contributed by atoms with Crippen LogP contribution in [0.2, 0.25) is 0 Å². The van der Waals surface area contributed by atoms with Crippen LogP contribution in [0.1, 0.15) is 0 Å². The Kier molecular flexibility index (Phi) is 4.14. The number of hydrogen-bond donors (Lipinski definition) is 2. The number of thiol groups is 1. The molecule has 42 valence electrons. The molecule has 0 saturated heterocycles. The number of rotatable bonds is 3. The number of carbonyl (C=O) groups is 1. The van der Waals surface area contributed by atoms with Crippen LogP contribution in [-0.4, -0.2) is 25.1 Å². The van der Waals surface area contributed by atoms with Crippen molar-refractivity contribution in [3.05, 3.63) is 0 Å². The van der Waals surface area contributed by atoms with Crippen molar-refractivity contribution in [3.8, 4) is 0 Å². The van der Waals surface area contributed by atoms with E-state index in [2.05, 4.69) is 17.9 Å². The van der Waals surface area contributed by atoms with Crippen LogP contribution in [0.4, 0.5) is 0 Å². The third-order valence-electron chi connectivity index (χ3n) is 0.732. The molecule has 1 atom stereocenters. The summed E-state index contributed by atoms with van der Waals surface area (Å²) >= 11 is 3.88. The Labute approximate surface area is 48.7 Å². The van der Waals surface area contributed by atoms with E-state index in [-0.39, 0.29) is 6.04 Å². The van der Waals surface area contributed by atoms with Crippen molar-refractivity contribution in [3.63, 3.8) is 0 Å². The summed E-state index contributed by atoms with van der Waals surface area (Å²) in [6.07, 6.45) is 0.840. The summed E-state index contributed by atoms with van der Waals surface area (Å²) in [5.41, 5.74) is 0. The van der Waals surface area contributed by atoms with E-state index >= 15 is 0 Å². The van der Waals surface area contributed by atoms with Crippen molar-refractivity contribution in [2.24, 2.45) is 0 Å². The Hall–Kier alpha value is -0.0200. The molecule has 0 aromatic rings. The molecule has 0 aromatic heterocycles. The molecular formula is C4H9NOS. The number of carbonyl (C=O) groups excluding carboxylic acids is 1. The maximum absolute atomic E-state index is 9.86. The van der Waals surface area contributed by atoms with E-state index < -0.39 is 0 Å². The summed E-state index contributed by atoms with van der Waals surface area (Å²) in [5, 5.41) is 2.76. The Morgan fingerprint density at radius 1 is 2.00 bits per heavy atom. The fourth-order valence-corrected chi connectivity index (χ4v) is 0.471. The predicted octanol–water partition coefficient (Wildman–Crippen LogP) is -0.297. The van der Waals surface area contributed by atoms with Gasteiger partial charge in [0.1, 0.15) is 6.29 Å². The van der Waals surface area contributed by atoms with E-state index in [0.717, 1.165) is 6.29 Å². The van der Waals surface area contributed by atoms with Crippen LogP contribution in [0.3, 0.4) is 0 Å². The first-order valence-electron chi connectivity index (χ1n) is 2.08. The molecule has 0 fully saturated rings. The molecule has 0 aliphatic heterocycles. The Morgan fingerprint density at radius 3 is 2.57 bits per heavy atom. The van der Waals surface area contributed by atoms with Crippen LogP contribution in [0, 0.1) is 0 Å². The predicted molar refractivity (Wildman–Crippen MR) is 32.8 cm³/mol. The monoisotopic (exact) mass is 119 g/mol. The summed E-state index contributed by atoms with van der Waals surface area (Å²) in [5.74, 6) is 0.569. The van der Waals surface area contributed by atoms with E-state index in [1.54, 1.807) is 7.05 Å². The van der Waals surface area contributed by atoms with Crippen LogP contribution >= 0.6 is 12.6 Å². The third-order valence-corrected chi connectivity index (χ3v) is 1.13. The van der Waals surface area contributed by atoms with Gasteiger partial charge >= 0.3 is 0 Å². The Balaban J connectivity index is 3.16. The van der Waals surface area contributed by atoms with Crippen LogP contribution in [0.25, 0.3) is 0 Å². The van der Waals surface area contributed by atoms with Crippen molar-refractivity contribution in [2.75, 3.05) is 12.8 Å². The molecule has 0 saturated carbocycles. The number of aldehydes is 1. The van der Waals surface area contributed by atoms with Gasteiger partial charge in [0.25, 0.3) is 0 Å². The summed E-state index contributed by atoms with van der Waals surface area (Å²) in [6.45, 7) is 0. The molecular weight excluding hydrogens is 110 g/mol. The van der Waals surface area contributed by atoms with Crippen molar-refractivity contribution in [1.82, 2.24) is 5.32 Å². The topological polar surface area (TPSA) is 29.1 Å². The SMILES string of the molecule is CNC(C=O)CS. The zero-order chi connectivity index (χ0) is 5.70. The Morgan fingerprint density at radius 2 is 2.57 bits per heavy atom. The number of nitrogens with one attached hydrogen (secondary N) is 1. The van der Waals surface area contributed by atoms with Crippen LogP contribution in [-0.2, 0) is 4.79 Å². The zero-order valence-corrected chi connectivity index (χ0v) is 5.11. The molecule has 2 nitrogen and oxygen atoms in total. The van der Waals surface area contributed by atoms with Gasteiger partial charge in [-0.3, -0.25) is 0 Å². The third kappa shape index (κ3) is 2.65. The second kappa shape index (κ2) is 4.15. The molecule has 0 amide bonds. The van der Waals surface area contributed by atoms with Crippen molar-refractivity contribution >= 4 is 18.9 Å². The normalized spacial score (nSPS) is 13.4. The van der Waals surface area contributed by atoms with Crippen LogP contribution in [0.5, 0.6) is 0 Å². The molecule has 0 radical (unpaired) electrons. The van der Waals surface area contributed by atoms with Gasteiger partial charge in [-0.1, -0.05) is 0 Å². The van der Waals surface area contributed by atoms with Gasteiger partial charge in [0.05, 0.1) is 6.04 Å². The van der Waals surface area contributed by atoms with Gasteiger partial charge < -0.3 is 10.1 Å². The molecule has 0 heterocycles. The lowest BCUT2D eigenvalue weighted by molar-refractivity contribution is -0.109. The maximum Gasteiger partial charge on any atom is 0.137 e. The summed E-state index contributed by atoms with van der Waals surface area (Å²) < 4.78 is 0. The fraction of sp³-hybridized carbons (Fsp3) is 0.750. The largest absolute Gasteiger partial charge is 0.310 e. The first kappa shape index (κ1) is 6.98. The molecule has 0 bridgehead atoms. The quantitative estimate of drug-likeness (QED) is 0.394. The molecule has 0 aliphatic carbocycles. The van der Waals surface area contributed by atoms with Crippen LogP contribution < -0.4 is 5.32 Å². The van der Waals surface area contributed by atoms with E-state index in [9.17, 15) is 4.79 Å². The minimum atomic E-state index is -0.0802. The van der Waals surface area contributed by atoms with Crippen molar-refractivity contribution < 1.29 is 4.79 Å². The highest BCUT2D eigenvalue weighted by Crippen LogP contribution is 1.78. The standard InChI is InChI=1S/C4H9NOS/c1-5-4(2-6)3-7/h2,4-5,7H,3H2,1H3. The van der Waals surface area contributed by atoms with E-state index in [1.807, 2.05) is 0 Å². The van der Waals surface area contributed by atoms with E-state index in [4.69, 9.17) is 0 Å². The molecule has 1 unspecified atom stereocenters. The average molecular weight is 119 g/mol. The van der Waals surface area contributed by atoms with Gasteiger partial charge in [-0.15, -0.1) is 0 Å². The first-order chi connectivity index (χ1) is 3.35. The van der Waals surface area contributed by atoms with E-state index in [1.165, 1.54) is 0 Å². The molecule has 0 aromatic carbocycles. The van der Waals surface area contributed by atoms with Crippen molar-refractivity contribution in [2.45, 2.75) is 6.04 Å². The smallest absolute Gasteiger partial charge is 0.137 e. The summed E-state index contributed by atoms with van der Waals surface area (Å²) in [4.78, 5) is 9.86. The second-order valence-electron chi connectivity index (χ2n) is 1.21. The van der Waals surface area contributed by atoms with Gasteiger partial charge in [-0.25, -0.2) is 0 Å². The molecule has 3 heteroatoms. The minimum Gasteiger partial charge on any atom is -0.310 e. The lowest BCUT2D eigenvalue weighted by atomic mass is 10.4. The van der Waals surface area contributed by atoms with Gasteiger partial charge in [0.2, 0.25) is 0 Å². The van der Waals surface area contributed by atoms with Gasteiger partial charge in [-0.2, -0.15) is 12.6 Å². The highest BCUT2D eigenvalue weighted by molar-refractivity contribution is 7.80. The lowest BCUT2D eigenvalue weighted by Crippen LogP contribution is -2.27. The van der Waals surface area contributed by atoms with Gasteiger partial charge in [-0.05, 0) is 7.05 Å². The summed E-state index contributed by atoms with van der Waals surface area (Å²) in [6, 6.07) is -0.0802. The number of likely N-dealkylation sites (N-methyl/N-ethyl adjacent to an activating group) is 1. The Bertz CT molecular complexity index is 53.7. The highest BCUT2D eigenvalue weighted by Gasteiger charge is 1.95. The molecule has 0 rings (SSSR count). The molecule has 0 spiro atoms. The maximum atomic E-state index is 9.86. The first-order valence-corrected chi connectivity index (χ1v) is 2.71. The zero-order valence-electron chi connectivity index (χ0n) is 4.22. The minimum absolute atomic E-state index is 0.0802. The fourth-order valence-electron chi connectivity index (χ4n) is 0.202. The molecule has 0 aliphatic rings. The van der Waals surface area contributed by atoms with Gasteiger partial charge in [0, 0.05) is 5.75 Å². The number of hydrogen-bond acceptors (Lipinski definition) is 3. The summed E-state index contributed by atoms with van der Waals surface area (Å²) in [7, 11) is 1.73. The van der Waals surface area contributed by atoms with Gasteiger partial charge in [0.15, 0.2) is 0 Å². The lowest BCUT2D eigenvalue weighted by Gasteiger charge is -2.00. The second-order valence-corrected chi connectivity index (χ2v) is 1.58. The van der Waals surface area contributed by atoms with Crippen molar-refractivity contribution in [1.29, 1.82) is 0 Å². The van der Waals surface area contributed by atoms with E-state index in [0.29, 0.717) is 5.75 Å². The average Bonchev–Trinajstić information content (AvgIpc) is 1.72. The van der Waals surface area contributed by atoms with Crippen LogP contribution in [0.15, 0.2) is 0 Å². The highest BCUT2D eigenvalue weighted by atomic mass is 32.1. The molecule has 1 N–H and O–H groups in total. The molecule has 7 heavy (non-hydrogen) atoms.